The zero-order valence-electron chi connectivity index (χ0n) is 19.2. The Morgan fingerprint density at radius 1 is 1.15 bits per heavy atom. The number of rotatable bonds is 4. The van der Waals surface area contributed by atoms with E-state index in [2.05, 4.69) is 19.2 Å². The molecule has 7 heteroatoms. The summed E-state index contributed by atoms with van der Waals surface area (Å²) in [5, 5.41) is 0.569. The molecule has 5 nitrogen and oxygen atoms in total. The Bertz CT molecular complexity index is 1080. The Labute approximate surface area is 217 Å². The number of amides is 1. The van der Waals surface area contributed by atoms with Gasteiger partial charge in [-0.05, 0) is 53.4 Å². The molecule has 1 amide bonds. The first-order valence-corrected chi connectivity index (χ1v) is 11.9. The number of Topliss-reactive ketones (excluding diaryl/α,β-unsaturated/α-hetero) is 1. The van der Waals surface area contributed by atoms with Crippen molar-refractivity contribution in [2.75, 3.05) is 40.3 Å². The molecule has 5 rings (SSSR count). The minimum absolute atomic E-state index is 0. The molecule has 0 saturated carbocycles. The van der Waals surface area contributed by atoms with Gasteiger partial charge in [0.2, 0.25) is 5.91 Å². The molecule has 2 unspecified atom stereocenters. The van der Waals surface area contributed by atoms with E-state index in [4.69, 9.17) is 16.3 Å². The molecule has 0 spiro atoms. The van der Waals surface area contributed by atoms with Crippen LogP contribution in [0.25, 0.3) is 0 Å². The quantitative estimate of drug-likeness (QED) is 0.406. The van der Waals surface area contributed by atoms with E-state index in [9.17, 15) is 9.59 Å². The highest BCUT2D eigenvalue weighted by Crippen LogP contribution is 2.41. The monoisotopic (exact) mass is 580 g/mol. The molecular formula is C26H30ClIN2O3. The normalized spacial score (nSPS) is 23.0. The van der Waals surface area contributed by atoms with E-state index in [1.165, 1.54) is 24.0 Å². The van der Waals surface area contributed by atoms with Crippen molar-refractivity contribution in [3.05, 3.63) is 63.7 Å². The van der Waals surface area contributed by atoms with Crippen molar-refractivity contribution in [3.8, 4) is 5.75 Å². The fourth-order valence-electron chi connectivity index (χ4n) is 5.88. The van der Waals surface area contributed by atoms with Crippen molar-refractivity contribution in [2.24, 2.45) is 0 Å². The number of fused-ring (bicyclic) bond motifs is 2. The number of ketones is 1. The van der Waals surface area contributed by atoms with Gasteiger partial charge in [-0.1, -0.05) is 17.7 Å². The molecule has 0 radical (unpaired) electrons. The van der Waals surface area contributed by atoms with Crippen LogP contribution >= 0.6 is 11.6 Å². The number of quaternary nitrogens is 1. The number of halogens is 2. The molecule has 1 fully saturated rings. The van der Waals surface area contributed by atoms with Crippen molar-refractivity contribution < 1.29 is 42.8 Å². The number of carbonyl (C=O) groups is 2. The molecule has 2 aromatic rings. The third-order valence-corrected chi connectivity index (χ3v) is 7.86. The second kappa shape index (κ2) is 9.55. The van der Waals surface area contributed by atoms with Gasteiger partial charge in [0.05, 0.1) is 33.2 Å². The number of hydrogen-bond donors (Lipinski definition) is 0. The maximum atomic E-state index is 13.9. The van der Waals surface area contributed by atoms with Crippen LogP contribution in [0.5, 0.6) is 5.75 Å². The van der Waals surface area contributed by atoms with Crippen LogP contribution in [0.2, 0.25) is 5.02 Å². The molecule has 3 aliphatic rings. The summed E-state index contributed by atoms with van der Waals surface area (Å²) < 4.78 is 6.43. The number of carbonyl (C=O) groups excluding carboxylic acids is 2. The van der Waals surface area contributed by atoms with Crippen LogP contribution in [-0.4, -0.2) is 61.4 Å². The van der Waals surface area contributed by atoms with Gasteiger partial charge in [0.15, 0.2) is 5.78 Å². The minimum atomic E-state index is -0.442. The molecule has 0 aromatic heterocycles. The van der Waals surface area contributed by atoms with E-state index in [0.29, 0.717) is 17.1 Å². The fourth-order valence-corrected chi connectivity index (χ4v) is 6.06. The zero-order valence-corrected chi connectivity index (χ0v) is 22.1. The lowest BCUT2D eigenvalue weighted by Gasteiger charge is -2.42. The van der Waals surface area contributed by atoms with E-state index in [0.717, 1.165) is 41.9 Å². The molecule has 2 aliphatic heterocycles. The standard InChI is InChI=1S/C26H30ClN2O3.HI/c1-29(11-3-4-12-29)16-24-20-8-6-19(32-2)13-17(20)9-10-28(24)26(31)23-15-25(30)21-7-5-18(27)14-22(21)23;/h5-8,13-14,23-24H,3-4,9-12,15-16H2,1-2H3;1H/q+1;/p-1. The topological polar surface area (TPSA) is 46.6 Å². The Morgan fingerprint density at radius 3 is 2.64 bits per heavy atom. The highest BCUT2D eigenvalue weighted by atomic mass is 127. The van der Waals surface area contributed by atoms with Crippen LogP contribution in [0.15, 0.2) is 36.4 Å². The van der Waals surface area contributed by atoms with E-state index >= 15 is 0 Å². The summed E-state index contributed by atoms with van der Waals surface area (Å²) in [4.78, 5) is 28.6. The second-order valence-corrected chi connectivity index (χ2v) is 10.2. The molecule has 176 valence electrons. The van der Waals surface area contributed by atoms with Gasteiger partial charge in [-0.2, -0.15) is 0 Å². The highest BCUT2D eigenvalue weighted by molar-refractivity contribution is 6.31. The first-order valence-electron chi connectivity index (χ1n) is 11.5. The second-order valence-electron chi connectivity index (χ2n) is 9.73. The Balaban J connectivity index is 0.00000259. The van der Waals surface area contributed by atoms with Crippen molar-refractivity contribution >= 4 is 23.3 Å². The number of nitrogens with zero attached hydrogens (tertiary/aromatic N) is 2. The largest absolute Gasteiger partial charge is 1.00 e. The Kier molecular flexibility index (Phi) is 7.08. The molecule has 33 heavy (non-hydrogen) atoms. The van der Waals surface area contributed by atoms with Crippen LogP contribution < -0.4 is 28.7 Å². The van der Waals surface area contributed by atoms with Gasteiger partial charge in [-0.3, -0.25) is 9.59 Å². The molecule has 1 aliphatic carbocycles. The van der Waals surface area contributed by atoms with E-state index in [-0.39, 0.29) is 48.1 Å². The third-order valence-electron chi connectivity index (χ3n) is 7.63. The third kappa shape index (κ3) is 4.54. The predicted octanol–water partition coefficient (Wildman–Crippen LogP) is 1.39. The van der Waals surface area contributed by atoms with Crippen LogP contribution in [0.1, 0.15) is 58.3 Å². The Hall–Kier alpha value is -1.64. The van der Waals surface area contributed by atoms with Gasteiger partial charge in [-0.15, -0.1) is 0 Å². The predicted molar refractivity (Wildman–Crippen MR) is 124 cm³/mol. The number of benzene rings is 2. The van der Waals surface area contributed by atoms with Crippen molar-refractivity contribution in [1.29, 1.82) is 0 Å². The summed E-state index contributed by atoms with van der Waals surface area (Å²) in [5.74, 6) is 0.500. The van der Waals surface area contributed by atoms with Crippen molar-refractivity contribution in [1.82, 2.24) is 4.90 Å². The van der Waals surface area contributed by atoms with Crippen LogP contribution in [-0.2, 0) is 11.2 Å². The molecule has 1 saturated heterocycles. The molecule has 2 heterocycles. The lowest BCUT2D eigenvalue weighted by atomic mass is 9.89. The van der Waals surface area contributed by atoms with E-state index in [1.807, 2.05) is 11.0 Å². The number of methoxy groups -OCH3 is 1. The summed E-state index contributed by atoms with van der Waals surface area (Å²) >= 11 is 6.23. The van der Waals surface area contributed by atoms with Gasteiger partial charge >= 0.3 is 0 Å². The van der Waals surface area contributed by atoms with E-state index in [1.54, 1.807) is 25.3 Å². The lowest BCUT2D eigenvalue weighted by molar-refractivity contribution is -0.900. The lowest BCUT2D eigenvalue weighted by Crippen LogP contribution is -3.00. The summed E-state index contributed by atoms with van der Waals surface area (Å²) in [6.45, 7) is 3.84. The van der Waals surface area contributed by atoms with Crippen LogP contribution in [0, 0.1) is 0 Å². The molecule has 2 aromatic carbocycles. The zero-order chi connectivity index (χ0) is 22.5. The number of likely N-dealkylation sites (N-methyl/N-ethyl adjacent to an activating group) is 1. The van der Waals surface area contributed by atoms with Gasteiger partial charge in [0, 0.05) is 36.4 Å². The number of ether oxygens (including phenoxy) is 1. The summed E-state index contributed by atoms with van der Waals surface area (Å²) in [5.41, 5.74) is 3.90. The Morgan fingerprint density at radius 2 is 1.91 bits per heavy atom. The van der Waals surface area contributed by atoms with Gasteiger partial charge in [0.25, 0.3) is 0 Å². The van der Waals surface area contributed by atoms with Gasteiger partial charge in [-0.25, -0.2) is 0 Å². The maximum Gasteiger partial charge on any atom is 0.231 e. The number of hydrogen-bond acceptors (Lipinski definition) is 3. The minimum Gasteiger partial charge on any atom is -1.00 e. The maximum absolute atomic E-state index is 13.9. The molecule has 0 N–H and O–H groups in total. The van der Waals surface area contributed by atoms with Gasteiger partial charge < -0.3 is 38.1 Å². The average Bonchev–Trinajstić information content (AvgIpc) is 3.36. The van der Waals surface area contributed by atoms with E-state index < -0.39 is 5.92 Å². The summed E-state index contributed by atoms with van der Waals surface area (Å²) in [7, 11) is 4.00. The van der Waals surface area contributed by atoms with Crippen molar-refractivity contribution in [3.63, 3.8) is 0 Å². The first kappa shape index (κ1) is 24.5. The van der Waals surface area contributed by atoms with Gasteiger partial charge in [0.1, 0.15) is 18.3 Å². The molecular weight excluding hydrogens is 551 g/mol. The SMILES string of the molecule is COc1ccc2c(c1)CCN(C(=O)C1CC(=O)c3ccc(Cl)cc31)C2C[N+]1(C)CCCC1.[I-]. The van der Waals surface area contributed by atoms with Crippen LogP contribution in [0.3, 0.4) is 0 Å². The average molecular weight is 581 g/mol. The summed E-state index contributed by atoms with van der Waals surface area (Å²) in [6, 6.07) is 11.5. The first-order chi connectivity index (χ1) is 15.4. The number of likely N-dealkylation sites (tertiary alicyclic amines) is 1. The molecule has 0 bridgehead atoms. The van der Waals surface area contributed by atoms with Crippen LogP contribution in [0.4, 0.5) is 0 Å². The van der Waals surface area contributed by atoms with Crippen molar-refractivity contribution in [2.45, 2.75) is 37.6 Å². The summed E-state index contributed by atoms with van der Waals surface area (Å²) in [6.07, 6.45) is 3.49. The smallest absolute Gasteiger partial charge is 0.231 e. The fraction of sp³-hybridized carbons (Fsp3) is 0.462. The highest BCUT2D eigenvalue weighted by Gasteiger charge is 2.43. The molecule has 2 atom stereocenters.